The fourth-order valence-corrected chi connectivity index (χ4v) is 4.08. The lowest BCUT2D eigenvalue weighted by Gasteiger charge is -2.22. The van der Waals surface area contributed by atoms with Gasteiger partial charge in [-0.1, -0.05) is 32.6 Å². The minimum Gasteiger partial charge on any atom is -0.494 e. The Morgan fingerprint density at radius 1 is 1.29 bits per heavy atom. The van der Waals surface area contributed by atoms with Gasteiger partial charge in [0.2, 0.25) is 0 Å². The van der Waals surface area contributed by atoms with Gasteiger partial charge in [-0.3, -0.25) is 4.57 Å². The van der Waals surface area contributed by atoms with E-state index in [1.165, 1.54) is 25.7 Å². The number of nitrogens with zero attached hydrogens (tertiary/aromatic N) is 3. The number of aromatic nitrogens is 3. The number of rotatable bonds is 10. The molecule has 156 valence electrons. The summed E-state index contributed by atoms with van der Waals surface area (Å²) in [7, 11) is 0. The van der Waals surface area contributed by atoms with Crippen LogP contribution in [0.15, 0.2) is 6.07 Å². The van der Waals surface area contributed by atoms with E-state index >= 15 is 0 Å². The molecule has 0 spiro atoms. The van der Waals surface area contributed by atoms with Gasteiger partial charge in [-0.2, -0.15) is 9.97 Å². The summed E-state index contributed by atoms with van der Waals surface area (Å²) in [6.45, 7) is 7.17. The van der Waals surface area contributed by atoms with E-state index in [4.69, 9.17) is 10.5 Å². The number of aryl methyl sites for hydroxylation is 1. The van der Waals surface area contributed by atoms with Crippen molar-refractivity contribution in [1.29, 1.82) is 0 Å². The van der Waals surface area contributed by atoms with Gasteiger partial charge in [0.15, 0.2) is 11.5 Å². The molecule has 0 amide bonds. The highest BCUT2D eigenvalue weighted by molar-refractivity contribution is 5.88. The Hall–Kier alpha value is -2.02. The van der Waals surface area contributed by atoms with E-state index in [-0.39, 0.29) is 18.0 Å². The zero-order chi connectivity index (χ0) is 19.9. The molecule has 0 aromatic carbocycles. The molecule has 1 atom stereocenters. The van der Waals surface area contributed by atoms with Crippen molar-refractivity contribution in [2.45, 2.75) is 77.9 Å². The van der Waals surface area contributed by atoms with E-state index in [9.17, 15) is 5.11 Å². The second kappa shape index (κ2) is 9.96. The normalized spacial score (nSPS) is 16.5. The van der Waals surface area contributed by atoms with Crippen molar-refractivity contribution in [3.63, 3.8) is 0 Å². The molecule has 7 nitrogen and oxygen atoms in total. The van der Waals surface area contributed by atoms with Crippen molar-refractivity contribution in [3.05, 3.63) is 6.07 Å². The van der Waals surface area contributed by atoms with Crippen LogP contribution in [0.1, 0.15) is 65.2 Å². The van der Waals surface area contributed by atoms with Crippen molar-refractivity contribution in [2.24, 2.45) is 5.92 Å². The number of hydrogen-bond acceptors (Lipinski definition) is 6. The monoisotopic (exact) mass is 389 g/mol. The van der Waals surface area contributed by atoms with E-state index in [1.807, 2.05) is 11.5 Å². The van der Waals surface area contributed by atoms with Gasteiger partial charge in [-0.15, -0.1) is 0 Å². The molecule has 3 heterocycles. The molecule has 0 aliphatic carbocycles. The third-order valence-electron chi connectivity index (χ3n) is 5.69. The highest BCUT2D eigenvalue weighted by atomic mass is 16.5. The zero-order valence-corrected chi connectivity index (χ0v) is 17.3. The van der Waals surface area contributed by atoms with Crippen LogP contribution < -0.4 is 15.8 Å². The summed E-state index contributed by atoms with van der Waals surface area (Å²) in [5.74, 6) is 1.41. The maximum atomic E-state index is 10.4. The first-order valence-corrected chi connectivity index (χ1v) is 10.8. The first kappa shape index (κ1) is 20.7. The average Bonchev–Trinajstić information content (AvgIpc) is 2.99. The number of nitrogens with two attached hydrogens (primary N) is 1. The zero-order valence-electron chi connectivity index (χ0n) is 17.3. The van der Waals surface area contributed by atoms with Gasteiger partial charge in [-0.25, -0.2) is 0 Å². The maximum absolute atomic E-state index is 10.4. The van der Waals surface area contributed by atoms with Crippen LogP contribution in [-0.2, 0) is 6.54 Å². The summed E-state index contributed by atoms with van der Waals surface area (Å²) >= 11 is 0. The number of hydrogen-bond donors (Lipinski definition) is 3. The number of fused-ring (bicyclic) bond motifs is 1. The summed E-state index contributed by atoms with van der Waals surface area (Å²) in [4.78, 5) is 8.79. The van der Waals surface area contributed by atoms with E-state index in [0.717, 1.165) is 51.2 Å². The smallest absolute Gasteiger partial charge is 0.320 e. The Labute approximate surface area is 167 Å². The molecule has 0 unspecified atom stereocenters. The largest absolute Gasteiger partial charge is 0.494 e. The number of unbranched alkanes of at least 4 members (excludes halogenated alkanes) is 2. The summed E-state index contributed by atoms with van der Waals surface area (Å²) in [5, 5.41) is 14.5. The topological polar surface area (TPSA) is 98.2 Å². The summed E-state index contributed by atoms with van der Waals surface area (Å²) in [5.41, 5.74) is 6.74. The van der Waals surface area contributed by atoms with Crippen LogP contribution in [0, 0.1) is 5.92 Å². The van der Waals surface area contributed by atoms with E-state index in [0.29, 0.717) is 16.9 Å². The molecule has 1 saturated heterocycles. The molecule has 1 fully saturated rings. The highest BCUT2D eigenvalue weighted by Crippen LogP contribution is 2.29. The fourth-order valence-electron chi connectivity index (χ4n) is 4.08. The van der Waals surface area contributed by atoms with Gasteiger partial charge in [0.05, 0.1) is 11.5 Å². The van der Waals surface area contributed by atoms with Gasteiger partial charge >= 0.3 is 6.01 Å². The summed E-state index contributed by atoms with van der Waals surface area (Å²) < 4.78 is 7.64. The van der Waals surface area contributed by atoms with Crippen LogP contribution in [0.4, 0.5) is 5.82 Å². The first-order chi connectivity index (χ1) is 13.6. The molecule has 0 radical (unpaired) electrons. The average molecular weight is 390 g/mol. The number of ether oxygens (including phenoxy) is 1. The molecule has 28 heavy (non-hydrogen) atoms. The van der Waals surface area contributed by atoms with Gasteiger partial charge in [-0.05, 0) is 51.6 Å². The lowest BCUT2D eigenvalue weighted by molar-refractivity contribution is 0.193. The van der Waals surface area contributed by atoms with E-state index in [2.05, 4.69) is 22.2 Å². The van der Waals surface area contributed by atoms with Crippen molar-refractivity contribution < 1.29 is 9.84 Å². The number of piperidine rings is 1. The summed E-state index contributed by atoms with van der Waals surface area (Å²) in [6, 6.07) is 1.94. The van der Waals surface area contributed by atoms with Crippen molar-refractivity contribution in [2.75, 3.05) is 18.8 Å². The molecule has 0 bridgehead atoms. The molecule has 7 heteroatoms. The fraction of sp³-hybridized carbons (Fsp3) is 0.714. The summed E-state index contributed by atoms with van der Waals surface area (Å²) in [6.07, 6.45) is 9.32. The minimum atomic E-state index is 0.0360. The third kappa shape index (κ3) is 5.28. The van der Waals surface area contributed by atoms with E-state index < -0.39 is 0 Å². The number of nitrogens with one attached hydrogen (secondary N) is 1. The van der Waals surface area contributed by atoms with Crippen LogP contribution >= 0.6 is 0 Å². The first-order valence-electron chi connectivity index (χ1n) is 10.8. The maximum Gasteiger partial charge on any atom is 0.320 e. The van der Waals surface area contributed by atoms with Gasteiger partial charge in [0.1, 0.15) is 5.82 Å². The predicted molar refractivity (Wildman–Crippen MR) is 113 cm³/mol. The molecule has 2 aromatic heterocycles. The van der Waals surface area contributed by atoms with Gasteiger partial charge in [0, 0.05) is 12.6 Å². The molecular weight excluding hydrogens is 354 g/mol. The Kier molecular flexibility index (Phi) is 7.36. The third-order valence-corrected chi connectivity index (χ3v) is 5.69. The Balaban J connectivity index is 1.59. The highest BCUT2D eigenvalue weighted by Gasteiger charge is 2.16. The van der Waals surface area contributed by atoms with Gasteiger partial charge in [0.25, 0.3) is 0 Å². The Bertz CT molecular complexity index is 755. The van der Waals surface area contributed by atoms with E-state index in [1.54, 1.807) is 6.07 Å². The minimum absolute atomic E-state index is 0.0360. The lowest BCUT2D eigenvalue weighted by Crippen LogP contribution is -2.27. The molecule has 3 rings (SSSR count). The second-order valence-electron chi connectivity index (χ2n) is 8.04. The van der Waals surface area contributed by atoms with Crippen molar-refractivity contribution >= 4 is 16.9 Å². The molecule has 1 aliphatic rings. The standard InChI is InChI=1S/C21H35N5O2/c1-3-7-15(2)28-21-24-19(22)17-14-18(27)26(20(17)25-21)13-6-4-5-8-16-9-11-23-12-10-16/h14-16,23,27H,3-13H2,1-2H3,(H2,22,24,25)/t15-/m0/s1. The molecule has 1 aliphatic heterocycles. The van der Waals surface area contributed by atoms with Crippen LogP contribution in [0.5, 0.6) is 11.9 Å². The molecule has 0 saturated carbocycles. The lowest BCUT2D eigenvalue weighted by atomic mass is 9.92. The molecule has 2 aromatic rings. The predicted octanol–water partition coefficient (Wildman–Crippen LogP) is 3.85. The molecule has 4 N–H and O–H groups in total. The second-order valence-corrected chi connectivity index (χ2v) is 8.04. The number of aromatic hydroxyl groups is 1. The van der Waals surface area contributed by atoms with Crippen molar-refractivity contribution in [1.82, 2.24) is 19.9 Å². The Morgan fingerprint density at radius 3 is 2.82 bits per heavy atom. The van der Waals surface area contributed by atoms with Crippen LogP contribution in [0.2, 0.25) is 0 Å². The number of anilines is 1. The van der Waals surface area contributed by atoms with Crippen LogP contribution in [0.3, 0.4) is 0 Å². The number of nitrogen functional groups attached to an aromatic ring is 1. The molecular formula is C21H35N5O2. The quantitative estimate of drug-likeness (QED) is 0.534. The van der Waals surface area contributed by atoms with Crippen molar-refractivity contribution in [3.8, 4) is 11.9 Å². The Morgan fingerprint density at radius 2 is 2.07 bits per heavy atom. The van der Waals surface area contributed by atoms with Gasteiger partial charge < -0.3 is 20.9 Å². The SMILES string of the molecule is CCC[C@H](C)Oc1nc(N)c2cc(O)n(CCCCCC3CCNCC3)c2n1. The van der Waals surface area contributed by atoms with Crippen LogP contribution in [-0.4, -0.2) is 38.8 Å². The van der Waals surface area contributed by atoms with Crippen LogP contribution in [0.25, 0.3) is 11.0 Å².